The van der Waals surface area contributed by atoms with E-state index in [4.69, 9.17) is 5.10 Å². The lowest BCUT2D eigenvalue weighted by Crippen LogP contribution is -2.32. The van der Waals surface area contributed by atoms with Crippen molar-refractivity contribution in [1.29, 1.82) is 0 Å². The van der Waals surface area contributed by atoms with Gasteiger partial charge in [-0.2, -0.15) is 5.10 Å². The van der Waals surface area contributed by atoms with Gasteiger partial charge in [0.25, 0.3) is 0 Å². The molecule has 21 heavy (non-hydrogen) atoms. The van der Waals surface area contributed by atoms with Crippen molar-refractivity contribution in [3.8, 4) is 0 Å². The Labute approximate surface area is 130 Å². The average molecular weight is 291 g/mol. The molecule has 2 rings (SSSR count). The van der Waals surface area contributed by atoms with Gasteiger partial charge in [0.05, 0.1) is 11.7 Å². The Balaban J connectivity index is 2.01. The van der Waals surface area contributed by atoms with Crippen molar-refractivity contribution in [3.05, 3.63) is 18.0 Å². The van der Waals surface area contributed by atoms with Gasteiger partial charge >= 0.3 is 0 Å². The van der Waals surface area contributed by atoms with Crippen molar-refractivity contribution in [2.45, 2.75) is 65.3 Å². The summed E-state index contributed by atoms with van der Waals surface area (Å²) in [5.74, 6) is 2.50. The summed E-state index contributed by atoms with van der Waals surface area (Å²) in [5, 5.41) is 8.25. The van der Waals surface area contributed by atoms with E-state index in [2.05, 4.69) is 50.1 Å². The Kier molecular flexibility index (Phi) is 6.28. The van der Waals surface area contributed by atoms with Crippen molar-refractivity contribution in [2.75, 3.05) is 13.6 Å². The van der Waals surface area contributed by atoms with Gasteiger partial charge in [0.1, 0.15) is 0 Å². The standard InChI is InChI=1S/C18H33N3/c1-5-18(6-2)21-10-9-17(20-21)12-16-11-14(3)7-8-15(16)13-19-4/h9-10,14-16,18-19H,5-8,11-13H2,1-4H3. The van der Waals surface area contributed by atoms with Crippen molar-refractivity contribution in [2.24, 2.45) is 17.8 Å². The Bertz CT molecular complexity index is 408. The molecule has 3 atom stereocenters. The predicted octanol–water partition coefficient (Wildman–Crippen LogP) is 4.06. The monoisotopic (exact) mass is 291 g/mol. The molecule has 1 heterocycles. The number of nitrogens with zero attached hydrogens (tertiary/aromatic N) is 2. The highest BCUT2D eigenvalue weighted by atomic mass is 15.3. The van der Waals surface area contributed by atoms with E-state index < -0.39 is 0 Å². The molecule has 3 heteroatoms. The van der Waals surface area contributed by atoms with Gasteiger partial charge in [-0.3, -0.25) is 4.68 Å². The topological polar surface area (TPSA) is 29.9 Å². The summed E-state index contributed by atoms with van der Waals surface area (Å²) in [7, 11) is 2.08. The molecule has 1 aromatic heterocycles. The molecule has 0 spiro atoms. The van der Waals surface area contributed by atoms with E-state index in [1.165, 1.54) is 37.8 Å². The SMILES string of the molecule is CCC(CC)n1ccc(CC2CC(C)CCC2CNC)n1. The van der Waals surface area contributed by atoms with Crippen LogP contribution < -0.4 is 5.32 Å². The van der Waals surface area contributed by atoms with E-state index >= 15 is 0 Å². The summed E-state index contributed by atoms with van der Waals surface area (Å²) < 4.78 is 2.19. The second kappa shape index (κ2) is 7.98. The van der Waals surface area contributed by atoms with E-state index in [0.29, 0.717) is 6.04 Å². The van der Waals surface area contributed by atoms with Crippen molar-refractivity contribution in [3.63, 3.8) is 0 Å². The highest BCUT2D eigenvalue weighted by Gasteiger charge is 2.28. The van der Waals surface area contributed by atoms with Crippen LogP contribution in [0.25, 0.3) is 0 Å². The molecule has 1 aliphatic carbocycles. The maximum atomic E-state index is 4.86. The summed E-state index contributed by atoms with van der Waals surface area (Å²) in [4.78, 5) is 0. The molecular formula is C18H33N3. The zero-order valence-corrected chi connectivity index (χ0v) is 14.3. The van der Waals surface area contributed by atoms with Gasteiger partial charge in [-0.15, -0.1) is 0 Å². The fourth-order valence-corrected chi connectivity index (χ4v) is 3.96. The smallest absolute Gasteiger partial charge is 0.0627 e. The molecule has 3 unspecified atom stereocenters. The Morgan fingerprint density at radius 2 is 2.05 bits per heavy atom. The van der Waals surface area contributed by atoms with Gasteiger partial charge in [0.2, 0.25) is 0 Å². The normalized spacial score (nSPS) is 26.4. The zero-order chi connectivity index (χ0) is 15.2. The van der Waals surface area contributed by atoms with E-state index in [-0.39, 0.29) is 0 Å². The molecule has 0 aromatic carbocycles. The Morgan fingerprint density at radius 3 is 2.71 bits per heavy atom. The largest absolute Gasteiger partial charge is 0.319 e. The van der Waals surface area contributed by atoms with Gasteiger partial charge in [-0.05, 0) is 69.5 Å². The first-order chi connectivity index (χ1) is 10.2. The number of hydrogen-bond donors (Lipinski definition) is 1. The maximum Gasteiger partial charge on any atom is 0.0627 e. The number of rotatable bonds is 7. The minimum Gasteiger partial charge on any atom is -0.319 e. The first-order valence-corrected chi connectivity index (χ1v) is 8.86. The van der Waals surface area contributed by atoms with Gasteiger partial charge in [0.15, 0.2) is 0 Å². The molecule has 120 valence electrons. The summed E-state index contributed by atoms with van der Waals surface area (Å²) >= 11 is 0. The first kappa shape index (κ1) is 16.5. The van der Waals surface area contributed by atoms with Crippen molar-refractivity contribution in [1.82, 2.24) is 15.1 Å². The molecule has 0 saturated heterocycles. The molecule has 1 N–H and O–H groups in total. The van der Waals surface area contributed by atoms with Crippen molar-refractivity contribution >= 4 is 0 Å². The zero-order valence-electron chi connectivity index (χ0n) is 14.3. The van der Waals surface area contributed by atoms with Gasteiger partial charge < -0.3 is 5.32 Å². The number of nitrogens with one attached hydrogen (secondary N) is 1. The molecule has 1 fully saturated rings. The summed E-state index contributed by atoms with van der Waals surface area (Å²) in [6.45, 7) is 8.07. The van der Waals surface area contributed by atoms with Crippen LogP contribution in [0, 0.1) is 17.8 Å². The highest BCUT2D eigenvalue weighted by Crippen LogP contribution is 2.35. The molecule has 0 aliphatic heterocycles. The van der Waals surface area contributed by atoms with Crippen LogP contribution in [0.4, 0.5) is 0 Å². The maximum absolute atomic E-state index is 4.86. The highest BCUT2D eigenvalue weighted by molar-refractivity contribution is 5.02. The van der Waals surface area contributed by atoms with Crippen LogP contribution in [0.1, 0.15) is 64.6 Å². The van der Waals surface area contributed by atoms with Gasteiger partial charge in [-0.25, -0.2) is 0 Å². The van der Waals surface area contributed by atoms with E-state index in [1.54, 1.807) is 0 Å². The first-order valence-electron chi connectivity index (χ1n) is 8.86. The Hall–Kier alpha value is -0.830. The molecular weight excluding hydrogens is 258 g/mol. The lowest BCUT2D eigenvalue weighted by Gasteiger charge is -2.34. The Morgan fingerprint density at radius 1 is 1.29 bits per heavy atom. The second-order valence-electron chi connectivity index (χ2n) is 6.96. The third kappa shape index (κ3) is 4.32. The van der Waals surface area contributed by atoms with E-state index in [1.807, 2.05) is 0 Å². The molecule has 3 nitrogen and oxygen atoms in total. The minimum absolute atomic E-state index is 0.567. The third-order valence-corrected chi connectivity index (χ3v) is 5.32. The van der Waals surface area contributed by atoms with Crippen LogP contribution >= 0.6 is 0 Å². The van der Waals surface area contributed by atoms with E-state index in [0.717, 1.165) is 30.7 Å². The number of aromatic nitrogens is 2. The lowest BCUT2D eigenvalue weighted by atomic mass is 9.73. The van der Waals surface area contributed by atoms with Crippen LogP contribution in [0.2, 0.25) is 0 Å². The van der Waals surface area contributed by atoms with Crippen molar-refractivity contribution < 1.29 is 0 Å². The van der Waals surface area contributed by atoms with Crippen LogP contribution in [-0.2, 0) is 6.42 Å². The summed E-state index contributed by atoms with van der Waals surface area (Å²) in [5.41, 5.74) is 1.29. The summed E-state index contributed by atoms with van der Waals surface area (Å²) in [6.07, 6.45) is 9.81. The van der Waals surface area contributed by atoms with Crippen LogP contribution in [0.5, 0.6) is 0 Å². The van der Waals surface area contributed by atoms with Crippen LogP contribution in [0.3, 0.4) is 0 Å². The fourth-order valence-electron chi connectivity index (χ4n) is 3.96. The van der Waals surface area contributed by atoms with Gasteiger partial charge in [-0.1, -0.05) is 27.2 Å². The predicted molar refractivity (Wildman–Crippen MR) is 89.5 cm³/mol. The fraction of sp³-hybridized carbons (Fsp3) is 0.833. The molecule has 1 aromatic rings. The second-order valence-corrected chi connectivity index (χ2v) is 6.96. The molecule has 1 aliphatic rings. The van der Waals surface area contributed by atoms with Crippen LogP contribution in [-0.4, -0.2) is 23.4 Å². The molecule has 1 saturated carbocycles. The van der Waals surface area contributed by atoms with E-state index in [9.17, 15) is 0 Å². The summed E-state index contributed by atoms with van der Waals surface area (Å²) in [6, 6.07) is 2.81. The molecule has 0 radical (unpaired) electrons. The quantitative estimate of drug-likeness (QED) is 0.821. The molecule has 0 bridgehead atoms. The minimum atomic E-state index is 0.567. The third-order valence-electron chi connectivity index (χ3n) is 5.32. The number of hydrogen-bond acceptors (Lipinski definition) is 2. The lowest BCUT2D eigenvalue weighted by molar-refractivity contribution is 0.184. The average Bonchev–Trinajstić information content (AvgIpc) is 2.92. The molecule has 0 amide bonds. The van der Waals surface area contributed by atoms with Crippen LogP contribution in [0.15, 0.2) is 12.3 Å². The van der Waals surface area contributed by atoms with Gasteiger partial charge in [0, 0.05) is 6.20 Å².